The molecule has 0 radical (unpaired) electrons. The molecule has 3 atom stereocenters. The van der Waals surface area contributed by atoms with Gasteiger partial charge in [0.25, 0.3) is 0 Å². The van der Waals surface area contributed by atoms with E-state index in [1.165, 1.54) is 0 Å². The highest BCUT2D eigenvalue weighted by molar-refractivity contribution is 6.74. The third-order valence-corrected chi connectivity index (χ3v) is 10.1. The molecule has 0 saturated heterocycles. The zero-order valence-electron chi connectivity index (χ0n) is 20.0. The molecule has 0 fully saturated rings. The van der Waals surface area contributed by atoms with Crippen LogP contribution in [0.2, 0.25) is 18.1 Å². The van der Waals surface area contributed by atoms with Gasteiger partial charge in [0.2, 0.25) is 0 Å². The van der Waals surface area contributed by atoms with Crippen molar-refractivity contribution in [2.24, 2.45) is 5.92 Å². The average Bonchev–Trinajstić information content (AvgIpc) is 2.62. The van der Waals surface area contributed by atoms with E-state index >= 15 is 0 Å². The van der Waals surface area contributed by atoms with E-state index in [1.807, 2.05) is 13.0 Å². The van der Waals surface area contributed by atoms with E-state index in [2.05, 4.69) is 60.0 Å². The van der Waals surface area contributed by atoms with Crippen molar-refractivity contribution >= 4 is 14.3 Å². The van der Waals surface area contributed by atoms with Gasteiger partial charge in [0, 0.05) is 19.4 Å². The van der Waals surface area contributed by atoms with Gasteiger partial charge < -0.3 is 13.9 Å². The molecule has 0 aliphatic carbocycles. The Balaban J connectivity index is 5.05. The van der Waals surface area contributed by atoms with Crippen LogP contribution in [0.25, 0.3) is 0 Å². The molecule has 0 aromatic carbocycles. The second-order valence-electron chi connectivity index (χ2n) is 9.35. The molecule has 0 spiro atoms. The SMILES string of the molecule is C=CCCCCC(=O)OCC(C)=CC(C)[C@H](O[Si](C)(C)C(C)(C)C)[C@H](C=C)OC. The topological polar surface area (TPSA) is 44.8 Å². The van der Waals surface area contributed by atoms with Crippen LogP contribution in [0.1, 0.15) is 60.3 Å². The molecule has 0 saturated carbocycles. The first-order valence-corrected chi connectivity index (χ1v) is 13.6. The average molecular weight is 425 g/mol. The molecule has 0 N–H and O–H groups in total. The first-order chi connectivity index (χ1) is 13.4. The summed E-state index contributed by atoms with van der Waals surface area (Å²) in [4.78, 5) is 11.9. The van der Waals surface area contributed by atoms with Crippen LogP contribution in [0.3, 0.4) is 0 Å². The standard InChI is InChI=1S/C24H44O4Si/c1-11-13-14-15-16-22(25)27-18-19(3)17-20(4)23(21(12-2)26-8)28-29(9,10)24(5,6)7/h11-12,17,20-21,23H,1-2,13-16,18H2,3-10H3/t20?,21-,23-/m0/s1. The number of rotatable bonds is 14. The molecule has 0 aliphatic heterocycles. The van der Waals surface area contributed by atoms with Crippen molar-refractivity contribution < 1.29 is 18.7 Å². The third-order valence-electron chi connectivity index (χ3n) is 5.63. The largest absolute Gasteiger partial charge is 0.461 e. The third kappa shape index (κ3) is 10.4. The van der Waals surface area contributed by atoms with Gasteiger partial charge in [0.05, 0.1) is 6.10 Å². The van der Waals surface area contributed by atoms with Crippen LogP contribution >= 0.6 is 0 Å². The summed E-state index contributed by atoms with van der Waals surface area (Å²) in [5.74, 6) is -0.0530. The van der Waals surface area contributed by atoms with Crippen molar-refractivity contribution in [1.29, 1.82) is 0 Å². The molecule has 0 amide bonds. The van der Waals surface area contributed by atoms with Crippen molar-refractivity contribution in [3.8, 4) is 0 Å². The predicted molar refractivity (Wildman–Crippen MR) is 126 cm³/mol. The number of methoxy groups -OCH3 is 1. The van der Waals surface area contributed by atoms with Gasteiger partial charge in [-0.2, -0.15) is 0 Å². The summed E-state index contributed by atoms with van der Waals surface area (Å²) in [6.07, 6.45) is 8.66. The number of esters is 1. The Labute approximate surface area is 180 Å². The van der Waals surface area contributed by atoms with Gasteiger partial charge in [-0.25, -0.2) is 0 Å². The second kappa shape index (κ2) is 13.2. The van der Waals surface area contributed by atoms with Crippen LogP contribution in [0.15, 0.2) is 37.0 Å². The monoisotopic (exact) mass is 424 g/mol. The van der Waals surface area contributed by atoms with Gasteiger partial charge in [0.15, 0.2) is 8.32 Å². The van der Waals surface area contributed by atoms with Crippen LogP contribution in [0, 0.1) is 5.92 Å². The molecule has 0 heterocycles. The van der Waals surface area contributed by atoms with Crippen molar-refractivity contribution in [1.82, 2.24) is 0 Å². The zero-order valence-corrected chi connectivity index (χ0v) is 21.0. The molecule has 4 nitrogen and oxygen atoms in total. The molecule has 0 aromatic heterocycles. The molecule has 1 unspecified atom stereocenters. The Bertz CT molecular complexity index is 546. The van der Waals surface area contributed by atoms with E-state index in [0.29, 0.717) is 13.0 Å². The molecule has 0 aromatic rings. The summed E-state index contributed by atoms with van der Waals surface area (Å²) in [5.41, 5.74) is 1.01. The Morgan fingerprint density at radius 3 is 2.28 bits per heavy atom. The fourth-order valence-corrected chi connectivity index (χ4v) is 4.15. The highest BCUT2D eigenvalue weighted by Gasteiger charge is 2.41. The summed E-state index contributed by atoms with van der Waals surface area (Å²) in [5, 5.41) is 0.102. The lowest BCUT2D eigenvalue weighted by molar-refractivity contribution is -0.142. The van der Waals surface area contributed by atoms with Crippen LogP contribution in [0.4, 0.5) is 0 Å². The maximum absolute atomic E-state index is 11.9. The van der Waals surface area contributed by atoms with E-state index in [9.17, 15) is 4.79 Å². The lowest BCUT2D eigenvalue weighted by Crippen LogP contribution is -2.49. The summed E-state index contributed by atoms with van der Waals surface area (Å²) in [6.45, 7) is 23.2. The molecule has 0 aliphatic rings. The maximum atomic E-state index is 11.9. The number of hydrogen-bond donors (Lipinski definition) is 0. The number of allylic oxidation sites excluding steroid dienone is 1. The van der Waals surface area contributed by atoms with Crippen molar-refractivity contribution in [3.05, 3.63) is 37.0 Å². The number of carbonyl (C=O) groups excluding carboxylic acids is 1. The van der Waals surface area contributed by atoms with Crippen molar-refractivity contribution in [2.75, 3.05) is 13.7 Å². The van der Waals surface area contributed by atoms with E-state index in [0.717, 1.165) is 24.8 Å². The van der Waals surface area contributed by atoms with Crippen LogP contribution in [-0.4, -0.2) is 40.2 Å². The van der Waals surface area contributed by atoms with Crippen molar-refractivity contribution in [3.63, 3.8) is 0 Å². The smallest absolute Gasteiger partial charge is 0.306 e. The molecule has 5 heteroatoms. The van der Waals surface area contributed by atoms with E-state index < -0.39 is 8.32 Å². The van der Waals surface area contributed by atoms with Crippen LogP contribution in [0.5, 0.6) is 0 Å². The first kappa shape index (κ1) is 27.8. The lowest BCUT2D eigenvalue weighted by atomic mass is 9.97. The Kier molecular flexibility index (Phi) is 12.7. The summed E-state index contributed by atoms with van der Waals surface area (Å²) in [7, 11) is -0.299. The summed E-state index contributed by atoms with van der Waals surface area (Å²) in [6, 6.07) is 0. The predicted octanol–water partition coefficient (Wildman–Crippen LogP) is 6.45. The number of ether oxygens (including phenoxy) is 2. The summed E-state index contributed by atoms with van der Waals surface area (Å²) >= 11 is 0. The highest BCUT2D eigenvalue weighted by Crippen LogP contribution is 2.39. The Hall–Kier alpha value is -1.17. The highest BCUT2D eigenvalue weighted by atomic mass is 28.4. The maximum Gasteiger partial charge on any atom is 0.306 e. The summed E-state index contributed by atoms with van der Waals surface area (Å²) < 4.78 is 17.8. The number of carbonyl (C=O) groups is 1. The zero-order chi connectivity index (χ0) is 22.7. The first-order valence-electron chi connectivity index (χ1n) is 10.7. The van der Waals surface area contributed by atoms with Gasteiger partial charge in [-0.15, -0.1) is 13.2 Å². The normalized spacial score (nSPS) is 16.1. The lowest BCUT2D eigenvalue weighted by Gasteiger charge is -2.42. The molecule has 0 bridgehead atoms. The van der Waals surface area contributed by atoms with Gasteiger partial charge in [0.1, 0.15) is 12.7 Å². The van der Waals surface area contributed by atoms with E-state index in [4.69, 9.17) is 13.9 Å². The molecule has 0 rings (SSSR count). The Morgan fingerprint density at radius 1 is 1.17 bits per heavy atom. The minimum Gasteiger partial charge on any atom is -0.461 e. The fraction of sp³-hybridized carbons (Fsp3) is 0.708. The molecule has 29 heavy (non-hydrogen) atoms. The van der Waals surface area contributed by atoms with Gasteiger partial charge in [-0.1, -0.05) is 45.9 Å². The fourth-order valence-electron chi connectivity index (χ4n) is 2.77. The van der Waals surface area contributed by atoms with Gasteiger partial charge in [-0.3, -0.25) is 4.79 Å². The Morgan fingerprint density at radius 2 is 1.79 bits per heavy atom. The minimum absolute atomic E-state index is 0.0957. The second-order valence-corrected chi connectivity index (χ2v) is 14.1. The van der Waals surface area contributed by atoms with E-state index in [1.54, 1.807) is 13.2 Å². The number of hydrogen-bond acceptors (Lipinski definition) is 4. The van der Waals surface area contributed by atoms with Crippen molar-refractivity contribution in [2.45, 2.75) is 90.6 Å². The van der Waals surface area contributed by atoms with Gasteiger partial charge in [-0.05, 0) is 49.9 Å². The molecular formula is C24H44O4Si. The quantitative estimate of drug-likeness (QED) is 0.139. The molecule has 168 valence electrons. The van der Waals surface area contributed by atoms with E-state index in [-0.39, 0.29) is 29.1 Å². The number of unbranched alkanes of at least 4 members (excludes halogenated alkanes) is 2. The van der Waals surface area contributed by atoms with Crippen LogP contribution < -0.4 is 0 Å². The molecular weight excluding hydrogens is 380 g/mol. The minimum atomic E-state index is -1.98. The van der Waals surface area contributed by atoms with Crippen LogP contribution in [-0.2, 0) is 18.7 Å². The van der Waals surface area contributed by atoms with Gasteiger partial charge >= 0.3 is 5.97 Å².